The highest BCUT2D eigenvalue weighted by molar-refractivity contribution is 5.42. The van der Waals surface area contributed by atoms with Crippen LogP contribution in [0.5, 0.6) is 11.5 Å². The van der Waals surface area contributed by atoms with Crippen molar-refractivity contribution in [2.75, 3.05) is 19.8 Å². The molecule has 0 bridgehead atoms. The number of fused-ring (bicyclic) bond motifs is 1. The standard InChI is InChI=1S/C11H14O3/c12-5-1-6-13-10-2-3-11-9(8-10)4-7-14-11/h2-3,8,12H,1,4-7H2. The Labute approximate surface area is 83.3 Å². The van der Waals surface area contributed by atoms with Crippen LogP contribution in [0.4, 0.5) is 0 Å². The van der Waals surface area contributed by atoms with E-state index in [1.807, 2.05) is 18.2 Å². The van der Waals surface area contributed by atoms with Gasteiger partial charge in [0, 0.05) is 25.0 Å². The minimum atomic E-state index is 0.175. The molecule has 3 heteroatoms. The lowest BCUT2D eigenvalue weighted by molar-refractivity contribution is 0.233. The van der Waals surface area contributed by atoms with Gasteiger partial charge in [-0.25, -0.2) is 0 Å². The van der Waals surface area contributed by atoms with Gasteiger partial charge in [0.1, 0.15) is 11.5 Å². The van der Waals surface area contributed by atoms with Crippen molar-refractivity contribution < 1.29 is 14.6 Å². The Morgan fingerprint density at radius 1 is 1.43 bits per heavy atom. The summed E-state index contributed by atoms with van der Waals surface area (Å²) in [4.78, 5) is 0. The molecule has 0 saturated carbocycles. The zero-order chi connectivity index (χ0) is 9.80. The maximum Gasteiger partial charge on any atom is 0.122 e. The molecule has 0 amide bonds. The molecule has 0 unspecified atom stereocenters. The van der Waals surface area contributed by atoms with Gasteiger partial charge in [-0.2, -0.15) is 0 Å². The van der Waals surface area contributed by atoms with Crippen LogP contribution in [0.1, 0.15) is 12.0 Å². The topological polar surface area (TPSA) is 38.7 Å². The normalized spacial score (nSPS) is 13.5. The van der Waals surface area contributed by atoms with E-state index in [9.17, 15) is 0 Å². The van der Waals surface area contributed by atoms with E-state index in [4.69, 9.17) is 14.6 Å². The van der Waals surface area contributed by atoms with E-state index in [0.717, 1.165) is 24.5 Å². The van der Waals surface area contributed by atoms with Gasteiger partial charge in [-0.15, -0.1) is 0 Å². The molecular formula is C11H14O3. The molecule has 3 nitrogen and oxygen atoms in total. The van der Waals surface area contributed by atoms with Gasteiger partial charge in [-0.05, 0) is 18.2 Å². The van der Waals surface area contributed by atoms with Gasteiger partial charge in [0.25, 0.3) is 0 Å². The van der Waals surface area contributed by atoms with Gasteiger partial charge < -0.3 is 14.6 Å². The first kappa shape index (κ1) is 9.34. The molecule has 0 radical (unpaired) electrons. The fourth-order valence-corrected chi connectivity index (χ4v) is 1.51. The molecule has 2 rings (SSSR count). The second kappa shape index (κ2) is 4.33. The molecule has 0 spiro atoms. The first-order valence-electron chi connectivity index (χ1n) is 4.89. The van der Waals surface area contributed by atoms with Crippen molar-refractivity contribution >= 4 is 0 Å². The highest BCUT2D eigenvalue weighted by atomic mass is 16.5. The zero-order valence-electron chi connectivity index (χ0n) is 8.03. The maximum absolute atomic E-state index is 8.60. The summed E-state index contributed by atoms with van der Waals surface area (Å²) in [5, 5.41) is 8.60. The van der Waals surface area contributed by atoms with E-state index in [1.54, 1.807) is 0 Å². The predicted molar refractivity (Wildman–Crippen MR) is 52.8 cm³/mol. The van der Waals surface area contributed by atoms with Gasteiger partial charge >= 0.3 is 0 Å². The molecule has 1 N–H and O–H groups in total. The number of rotatable bonds is 4. The Morgan fingerprint density at radius 2 is 2.36 bits per heavy atom. The number of hydrogen-bond donors (Lipinski definition) is 1. The summed E-state index contributed by atoms with van der Waals surface area (Å²) in [6.07, 6.45) is 1.64. The molecule has 1 aliphatic rings. The SMILES string of the molecule is OCCCOc1ccc2c(c1)CCO2. The number of ether oxygens (including phenoxy) is 2. The van der Waals surface area contributed by atoms with Crippen molar-refractivity contribution in [1.82, 2.24) is 0 Å². The van der Waals surface area contributed by atoms with Gasteiger partial charge in [0.05, 0.1) is 13.2 Å². The Morgan fingerprint density at radius 3 is 3.21 bits per heavy atom. The molecular weight excluding hydrogens is 180 g/mol. The van der Waals surface area contributed by atoms with E-state index in [0.29, 0.717) is 13.0 Å². The summed E-state index contributed by atoms with van der Waals surface area (Å²) in [7, 11) is 0. The summed E-state index contributed by atoms with van der Waals surface area (Å²) in [5.74, 6) is 1.84. The van der Waals surface area contributed by atoms with Crippen molar-refractivity contribution in [2.45, 2.75) is 12.8 Å². The minimum absolute atomic E-state index is 0.175. The summed E-state index contributed by atoms with van der Waals surface area (Å²) < 4.78 is 10.8. The summed E-state index contributed by atoms with van der Waals surface area (Å²) >= 11 is 0. The molecule has 14 heavy (non-hydrogen) atoms. The summed E-state index contributed by atoms with van der Waals surface area (Å²) in [6, 6.07) is 5.86. The number of benzene rings is 1. The lowest BCUT2D eigenvalue weighted by atomic mass is 10.2. The third-order valence-electron chi connectivity index (χ3n) is 2.23. The van der Waals surface area contributed by atoms with Crippen LogP contribution >= 0.6 is 0 Å². The average molecular weight is 194 g/mol. The minimum Gasteiger partial charge on any atom is -0.493 e. The van der Waals surface area contributed by atoms with E-state index in [1.165, 1.54) is 5.56 Å². The van der Waals surface area contributed by atoms with Crippen molar-refractivity contribution in [1.29, 1.82) is 0 Å². The van der Waals surface area contributed by atoms with Crippen LogP contribution in [0.25, 0.3) is 0 Å². The molecule has 0 aliphatic carbocycles. The third-order valence-corrected chi connectivity index (χ3v) is 2.23. The first-order chi connectivity index (χ1) is 6.90. The third kappa shape index (κ3) is 1.99. The Kier molecular flexibility index (Phi) is 2.89. The van der Waals surface area contributed by atoms with Crippen LogP contribution < -0.4 is 9.47 Å². The largest absolute Gasteiger partial charge is 0.493 e. The molecule has 76 valence electrons. The van der Waals surface area contributed by atoms with Crippen LogP contribution in [-0.4, -0.2) is 24.9 Å². The molecule has 0 aromatic heterocycles. The average Bonchev–Trinajstić information content (AvgIpc) is 2.65. The van der Waals surface area contributed by atoms with E-state index >= 15 is 0 Å². The van der Waals surface area contributed by atoms with Crippen molar-refractivity contribution in [3.8, 4) is 11.5 Å². The molecule has 1 heterocycles. The maximum atomic E-state index is 8.60. The Balaban J connectivity index is 1.98. The molecule has 1 aromatic carbocycles. The smallest absolute Gasteiger partial charge is 0.122 e. The van der Waals surface area contributed by atoms with Crippen molar-refractivity contribution in [3.05, 3.63) is 23.8 Å². The van der Waals surface area contributed by atoms with Gasteiger partial charge in [-0.1, -0.05) is 0 Å². The van der Waals surface area contributed by atoms with Crippen LogP contribution in [0.15, 0.2) is 18.2 Å². The van der Waals surface area contributed by atoms with Crippen LogP contribution in [-0.2, 0) is 6.42 Å². The number of aliphatic hydroxyl groups is 1. The number of hydrogen-bond acceptors (Lipinski definition) is 3. The van der Waals surface area contributed by atoms with E-state index in [-0.39, 0.29) is 6.61 Å². The second-order valence-corrected chi connectivity index (χ2v) is 3.29. The highest BCUT2D eigenvalue weighted by Crippen LogP contribution is 2.28. The van der Waals surface area contributed by atoms with Crippen LogP contribution in [0.2, 0.25) is 0 Å². The molecule has 1 aliphatic heterocycles. The second-order valence-electron chi connectivity index (χ2n) is 3.29. The fraction of sp³-hybridized carbons (Fsp3) is 0.455. The molecule has 0 fully saturated rings. The predicted octanol–water partition coefficient (Wildman–Crippen LogP) is 1.38. The van der Waals surface area contributed by atoms with Gasteiger partial charge in [0.15, 0.2) is 0 Å². The van der Waals surface area contributed by atoms with Gasteiger partial charge in [0.2, 0.25) is 0 Å². The van der Waals surface area contributed by atoms with Crippen LogP contribution in [0.3, 0.4) is 0 Å². The van der Waals surface area contributed by atoms with E-state index in [2.05, 4.69) is 0 Å². The number of aliphatic hydroxyl groups excluding tert-OH is 1. The van der Waals surface area contributed by atoms with Crippen molar-refractivity contribution in [2.24, 2.45) is 0 Å². The van der Waals surface area contributed by atoms with Gasteiger partial charge in [-0.3, -0.25) is 0 Å². The molecule has 0 saturated heterocycles. The first-order valence-corrected chi connectivity index (χ1v) is 4.89. The molecule has 0 atom stereocenters. The molecule has 1 aromatic rings. The monoisotopic (exact) mass is 194 g/mol. The zero-order valence-corrected chi connectivity index (χ0v) is 8.03. The Hall–Kier alpha value is -1.22. The highest BCUT2D eigenvalue weighted by Gasteiger charge is 2.11. The fourth-order valence-electron chi connectivity index (χ4n) is 1.51. The Bertz CT molecular complexity index is 309. The van der Waals surface area contributed by atoms with E-state index < -0.39 is 0 Å². The lowest BCUT2D eigenvalue weighted by Gasteiger charge is -2.06. The van der Waals surface area contributed by atoms with Crippen molar-refractivity contribution in [3.63, 3.8) is 0 Å². The summed E-state index contributed by atoms with van der Waals surface area (Å²) in [5.41, 5.74) is 1.21. The lowest BCUT2D eigenvalue weighted by Crippen LogP contribution is -1.99. The van der Waals surface area contributed by atoms with Crippen LogP contribution in [0, 0.1) is 0 Å². The quantitative estimate of drug-likeness (QED) is 0.736. The summed E-state index contributed by atoms with van der Waals surface area (Å²) in [6.45, 7) is 1.51.